The summed E-state index contributed by atoms with van der Waals surface area (Å²) in [6.45, 7) is 8.92. The first-order valence-electron chi connectivity index (χ1n) is 8.37. The Morgan fingerprint density at radius 2 is 1.96 bits per heavy atom. The van der Waals surface area contributed by atoms with Crippen molar-refractivity contribution in [2.24, 2.45) is 9.98 Å². The molecule has 0 saturated carbocycles. The molecule has 136 valence electrons. The average molecular weight is 359 g/mol. The SMILES string of the molecule is C=N/C(=N\C(=C/C)NC(=O)C(C)(C)c1ccc(C#N)cc1)c1ccccn1. The second kappa shape index (κ2) is 8.68. The molecular weight excluding hydrogens is 338 g/mol. The topological polar surface area (TPSA) is 90.5 Å². The number of rotatable bonds is 5. The quantitative estimate of drug-likeness (QED) is 0.655. The Kier molecular flexibility index (Phi) is 6.34. The normalized spacial score (nSPS) is 12.2. The van der Waals surface area contributed by atoms with E-state index in [1.54, 1.807) is 55.6 Å². The minimum atomic E-state index is -0.815. The van der Waals surface area contributed by atoms with E-state index in [9.17, 15) is 4.79 Å². The first-order chi connectivity index (χ1) is 12.9. The molecule has 6 nitrogen and oxygen atoms in total. The van der Waals surface area contributed by atoms with Crippen LogP contribution < -0.4 is 5.32 Å². The van der Waals surface area contributed by atoms with Crippen molar-refractivity contribution < 1.29 is 4.79 Å². The monoisotopic (exact) mass is 359 g/mol. The Hall–Kier alpha value is -3.59. The number of nitrogens with zero attached hydrogens (tertiary/aromatic N) is 4. The van der Waals surface area contributed by atoms with Gasteiger partial charge >= 0.3 is 0 Å². The number of benzene rings is 1. The molecule has 1 amide bonds. The van der Waals surface area contributed by atoms with Crippen LogP contribution in [0.25, 0.3) is 0 Å². The summed E-state index contributed by atoms with van der Waals surface area (Å²) in [5, 5.41) is 11.7. The Balaban J connectivity index is 2.24. The van der Waals surface area contributed by atoms with E-state index in [0.717, 1.165) is 5.56 Å². The van der Waals surface area contributed by atoms with E-state index in [4.69, 9.17) is 5.26 Å². The van der Waals surface area contributed by atoms with Crippen LogP contribution in [0.4, 0.5) is 0 Å². The summed E-state index contributed by atoms with van der Waals surface area (Å²) < 4.78 is 0. The van der Waals surface area contributed by atoms with E-state index in [0.29, 0.717) is 22.9 Å². The molecule has 2 aromatic rings. The van der Waals surface area contributed by atoms with Gasteiger partial charge < -0.3 is 5.32 Å². The largest absolute Gasteiger partial charge is 0.310 e. The summed E-state index contributed by atoms with van der Waals surface area (Å²) in [7, 11) is 0. The lowest BCUT2D eigenvalue weighted by molar-refractivity contribution is -0.124. The number of pyridine rings is 1. The Labute approximate surface area is 159 Å². The Morgan fingerprint density at radius 3 is 2.48 bits per heavy atom. The van der Waals surface area contributed by atoms with Crippen LogP contribution in [0.2, 0.25) is 0 Å². The van der Waals surface area contributed by atoms with Crippen molar-refractivity contribution in [3.8, 4) is 6.07 Å². The highest BCUT2D eigenvalue weighted by molar-refractivity contribution is 6.00. The predicted molar refractivity (Wildman–Crippen MR) is 106 cm³/mol. The van der Waals surface area contributed by atoms with Gasteiger partial charge in [-0.15, -0.1) is 0 Å². The van der Waals surface area contributed by atoms with Gasteiger partial charge in [0.25, 0.3) is 0 Å². The van der Waals surface area contributed by atoms with Crippen molar-refractivity contribution in [1.29, 1.82) is 5.26 Å². The van der Waals surface area contributed by atoms with E-state index in [1.807, 2.05) is 19.9 Å². The summed E-state index contributed by atoms with van der Waals surface area (Å²) in [5.74, 6) is 0.448. The maximum Gasteiger partial charge on any atom is 0.235 e. The minimum absolute atomic E-state index is 0.228. The lowest BCUT2D eigenvalue weighted by atomic mass is 9.83. The van der Waals surface area contributed by atoms with Gasteiger partial charge in [-0.25, -0.2) is 9.98 Å². The second-order valence-electron chi connectivity index (χ2n) is 6.25. The smallest absolute Gasteiger partial charge is 0.235 e. The van der Waals surface area contributed by atoms with Gasteiger partial charge in [0, 0.05) is 6.20 Å². The number of amides is 1. The maximum atomic E-state index is 12.8. The fraction of sp³-hybridized carbons (Fsp3) is 0.190. The molecule has 0 atom stereocenters. The fourth-order valence-electron chi connectivity index (χ4n) is 2.31. The molecule has 1 aromatic heterocycles. The predicted octanol–water partition coefficient (Wildman–Crippen LogP) is 3.36. The highest BCUT2D eigenvalue weighted by Crippen LogP contribution is 2.24. The number of amidine groups is 1. The number of aliphatic imine (C=N–C) groups is 2. The summed E-state index contributed by atoms with van der Waals surface area (Å²) >= 11 is 0. The number of nitriles is 1. The van der Waals surface area contributed by atoms with Crippen LogP contribution in [0, 0.1) is 11.3 Å². The number of allylic oxidation sites excluding steroid dienone is 1. The maximum absolute atomic E-state index is 12.8. The lowest BCUT2D eigenvalue weighted by Gasteiger charge is -2.24. The van der Waals surface area contributed by atoms with Crippen LogP contribution in [0.15, 0.2) is 70.5 Å². The van der Waals surface area contributed by atoms with Crippen LogP contribution in [0.3, 0.4) is 0 Å². The van der Waals surface area contributed by atoms with Gasteiger partial charge in [-0.2, -0.15) is 5.26 Å². The molecule has 27 heavy (non-hydrogen) atoms. The summed E-state index contributed by atoms with van der Waals surface area (Å²) in [6, 6.07) is 14.4. The van der Waals surface area contributed by atoms with Crippen LogP contribution in [0.5, 0.6) is 0 Å². The molecule has 0 saturated heterocycles. The number of carbonyl (C=O) groups excluding carboxylic acids is 1. The van der Waals surface area contributed by atoms with Crippen molar-refractivity contribution in [3.63, 3.8) is 0 Å². The van der Waals surface area contributed by atoms with Crippen LogP contribution in [0.1, 0.15) is 37.6 Å². The second-order valence-corrected chi connectivity index (χ2v) is 6.25. The fourth-order valence-corrected chi connectivity index (χ4v) is 2.31. The average Bonchev–Trinajstić information content (AvgIpc) is 2.71. The van der Waals surface area contributed by atoms with Crippen LogP contribution in [-0.2, 0) is 10.2 Å². The summed E-state index contributed by atoms with van der Waals surface area (Å²) in [4.78, 5) is 25.3. The number of hydrogen-bond acceptors (Lipinski definition) is 4. The third-order valence-corrected chi connectivity index (χ3v) is 4.09. The molecule has 0 radical (unpaired) electrons. The van der Waals surface area contributed by atoms with E-state index < -0.39 is 5.41 Å². The van der Waals surface area contributed by atoms with E-state index in [-0.39, 0.29) is 5.91 Å². The molecule has 6 heteroatoms. The zero-order valence-corrected chi connectivity index (χ0v) is 15.6. The Morgan fingerprint density at radius 1 is 1.26 bits per heavy atom. The van der Waals surface area contributed by atoms with E-state index >= 15 is 0 Å². The number of carbonyl (C=O) groups is 1. The van der Waals surface area contributed by atoms with Crippen LogP contribution in [-0.4, -0.2) is 23.4 Å². The van der Waals surface area contributed by atoms with Crippen molar-refractivity contribution in [2.45, 2.75) is 26.2 Å². The zero-order chi connectivity index (χ0) is 19.9. The lowest BCUT2D eigenvalue weighted by Crippen LogP contribution is -2.39. The van der Waals surface area contributed by atoms with Crippen molar-refractivity contribution >= 4 is 18.5 Å². The Bertz CT molecular complexity index is 919. The minimum Gasteiger partial charge on any atom is -0.310 e. The highest BCUT2D eigenvalue weighted by Gasteiger charge is 2.30. The highest BCUT2D eigenvalue weighted by atomic mass is 16.2. The van der Waals surface area contributed by atoms with Crippen molar-refractivity contribution in [2.75, 3.05) is 0 Å². The van der Waals surface area contributed by atoms with Crippen LogP contribution >= 0.6 is 0 Å². The van der Waals surface area contributed by atoms with Crippen molar-refractivity contribution in [3.05, 3.63) is 77.4 Å². The van der Waals surface area contributed by atoms with E-state index in [1.165, 1.54) is 0 Å². The van der Waals surface area contributed by atoms with Gasteiger partial charge in [-0.05, 0) is 63.4 Å². The standard InChI is InChI=1S/C21H21N5O/c1-5-18(25-19(23-4)17-8-6-7-13-24-17)26-20(27)21(2,3)16-11-9-15(14-22)10-12-16/h5-13H,4H2,1-3H3,(H,26,27)/b18-5+,25-19-. The molecule has 1 N–H and O–H groups in total. The number of nitrogens with one attached hydrogen (secondary N) is 1. The summed E-state index contributed by atoms with van der Waals surface area (Å²) in [5.41, 5.74) is 1.09. The molecule has 0 aliphatic heterocycles. The third kappa shape index (κ3) is 4.73. The third-order valence-electron chi connectivity index (χ3n) is 4.09. The molecule has 0 aliphatic rings. The first kappa shape index (κ1) is 19.7. The molecular formula is C21H21N5O. The van der Waals surface area contributed by atoms with E-state index in [2.05, 4.69) is 33.1 Å². The zero-order valence-electron chi connectivity index (χ0n) is 15.6. The first-order valence-corrected chi connectivity index (χ1v) is 8.37. The summed E-state index contributed by atoms with van der Waals surface area (Å²) in [6.07, 6.45) is 3.32. The number of hydrogen-bond donors (Lipinski definition) is 1. The molecule has 0 aliphatic carbocycles. The molecule has 0 fully saturated rings. The molecule has 0 unspecified atom stereocenters. The van der Waals surface area contributed by atoms with Gasteiger partial charge in [0.2, 0.25) is 5.91 Å². The van der Waals surface area contributed by atoms with Gasteiger partial charge in [-0.1, -0.05) is 18.2 Å². The molecule has 1 aromatic carbocycles. The molecule has 0 spiro atoms. The van der Waals surface area contributed by atoms with Gasteiger partial charge in [0.05, 0.1) is 17.0 Å². The van der Waals surface area contributed by atoms with Gasteiger partial charge in [0.1, 0.15) is 11.5 Å². The molecule has 1 heterocycles. The van der Waals surface area contributed by atoms with Gasteiger partial charge in [-0.3, -0.25) is 9.78 Å². The molecule has 2 rings (SSSR count). The van der Waals surface area contributed by atoms with Crippen molar-refractivity contribution in [1.82, 2.24) is 10.3 Å². The number of aromatic nitrogens is 1. The molecule has 0 bridgehead atoms. The van der Waals surface area contributed by atoms with Gasteiger partial charge in [0.15, 0.2) is 5.84 Å².